The predicted octanol–water partition coefficient (Wildman–Crippen LogP) is 3.76. The molecule has 0 saturated heterocycles. The number of Topliss-reactive ketones (excluding diaryl/α,β-unsaturated/α-hetero) is 1. The predicted molar refractivity (Wildman–Crippen MR) is 46.6 cm³/mol. The minimum Gasteiger partial charge on any atom is -0.284 e. The molecule has 0 unspecified atom stereocenters. The van der Waals surface area contributed by atoms with Gasteiger partial charge in [0.25, 0.3) is 5.78 Å². The Bertz CT molecular complexity index is 443. The molecule has 0 fully saturated rings. The fourth-order valence-corrected chi connectivity index (χ4v) is 1.34. The van der Waals surface area contributed by atoms with E-state index in [1.165, 1.54) is 0 Å². The summed E-state index contributed by atoms with van der Waals surface area (Å²) in [6.07, 6.45) is -9.97. The van der Waals surface area contributed by atoms with Gasteiger partial charge in [0.15, 0.2) is 0 Å². The minimum atomic E-state index is -5.19. The fraction of sp³-hybridized carbons (Fsp3) is 0.300. The maximum absolute atomic E-state index is 12.4. The molecule has 0 amide bonds. The summed E-state index contributed by atoms with van der Waals surface area (Å²) in [6, 6.07) is 2.12. The molecule has 1 aromatic carbocycles. The van der Waals surface area contributed by atoms with Crippen LogP contribution in [0.15, 0.2) is 18.2 Å². The summed E-state index contributed by atoms with van der Waals surface area (Å²) >= 11 is 0. The van der Waals surface area contributed by atoms with Gasteiger partial charge in [-0.1, -0.05) is 12.1 Å². The quantitative estimate of drug-likeness (QED) is 0.552. The zero-order valence-corrected chi connectivity index (χ0v) is 8.41. The Balaban J connectivity index is 3.35. The molecular weight excluding hydrogens is 250 g/mol. The molecule has 1 aromatic rings. The average molecular weight is 256 g/mol. The van der Waals surface area contributed by atoms with Crippen LogP contribution in [0.3, 0.4) is 0 Å². The summed E-state index contributed by atoms with van der Waals surface area (Å²) in [5, 5.41) is 0. The lowest BCUT2D eigenvalue weighted by Crippen LogP contribution is -2.24. The van der Waals surface area contributed by atoms with Crippen LogP contribution >= 0.6 is 0 Å². The third-order valence-electron chi connectivity index (χ3n) is 2.14. The molecule has 94 valence electrons. The highest BCUT2D eigenvalue weighted by Gasteiger charge is 2.42. The molecule has 0 atom stereocenters. The smallest absolute Gasteiger partial charge is 0.284 e. The van der Waals surface area contributed by atoms with E-state index in [0.717, 1.165) is 19.1 Å². The van der Waals surface area contributed by atoms with Crippen LogP contribution in [0.4, 0.5) is 26.3 Å². The van der Waals surface area contributed by atoms with Gasteiger partial charge in [0.2, 0.25) is 0 Å². The van der Waals surface area contributed by atoms with Crippen molar-refractivity contribution in [2.24, 2.45) is 0 Å². The minimum absolute atomic E-state index is 0.627. The summed E-state index contributed by atoms with van der Waals surface area (Å²) in [5.41, 5.74) is -2.94. The van der Waals surface area contributed by atoms with Crippen LogP contribution in [0.1, 0.15) is 21.5 Å². The van der Waals surface area contributed by atoms with Crippen molar-refractivity contribution in [2.75, 3.05) is 0 Å². The highest BCUT2D eigenvalue weighted by atomic mass is 19.4. The number of rotatable bonds is 1. The van der Waals surface area contributed by atoms with Crippen LogP contribution in [0.5, 0.6) is 0 Å². The molecule has 0 bridgehead atoms. The highest BCUT2D eigenvalue weighted by molar-refractivity contribution is 6.01. The zero-order valence-electron chi connectivity index (χ0n) is 8.41. The maximum Gasteiger partial charge on any atom is 0.454 e. The van der Waals surface area contributed by atoms with Crippen LogP contribution in [-0.2, 0) is 6.18 Å². The summed E-state index contributed by atoms with van der Waals surface area (Å²) in [5.74, 6) is -2.28. The number of benzene rings is 1. The van der Waals surface area contributed by atoms with E-state index in [1.54, 1.807) is 0 Å². The van der Waals surface area contributed by atoms with Gasteiger partial charge in [0.1, 0.15) is 0 Å². The molecule has 0 aliphatic carbocycles. The van der Waals surface area contributed by atoms with Crippen molar-refractivity contribution in [1.82, 2.24) is 0 Å². The van der Waals surface area contributed by atoms with Gasteiger partial charge in [-0.25, -0.2) is 0 Å². The van der Waals surface area contributed by atoms with E-state index in [9.17, 15) is 31.1 Å². The fourth-order valence-electron chi connectivity index (χ4n) is 1.34. The first-order chi connectivity index (χ1) is 7.55. The van der Waals surface area contributed by atoms with E-state index < -0.39 is 34.8 Å². The first-order valence-corrected chi connectivity index (χ1v) is 4.33. The van der Waals surface area contributed by atoms with E-state index in [1.807, 2.05) is 0 Å². The number of carbonyl (C=O) groups excluding carboxylic acids is 1. The van der Waals surface area contributed by atoms with Gasteiger partial charge in [-0.3, -0.25) is 4.79 Å². The van der Waals surface area contributed by atoms with E-state index >= 15 is 0 Å². The second-order valence-corrected chi connectivity index (χ2v) is 3.30. The van der Waals surface area contributed by atoms with Gasteiger partial charge in [0.05, 0.1) is 5.56 Å². The number of ketones is 1. The standard InChI is InChI=1S/C10H6F6O/c1-5-6(8(17)10(14,15)16)3-2-4-7(5)9(11,12)13/h2-4H,1H3. The number of alkyl halides is 6. The molecule has 0 spiro atoms. The Hall–Kier alpha value is -1.53. The molecule has 0 radical (unpaired) electrons. The van der Waals surface area contributed by atoms with Gasteiger partial charge in [-0.05, 0) is 18.6 Å². The normalized spacial score (nSPS) is 12.6. The summed E-state index contributed by atoms with van der Waals surface area (Å²) in [6.45, 7) is 0.835. The van der Waals surface area contributed by atoms with Crippen molar-refractivity contribution in [2.45, 2.75) is 19.3 Å². The number of hydrogen-bond donors (Lipinski definition) is 0. The van der Waals surface area contributed by atoms with Gasteiger partial charge in [-0.2, -0.15) is 26.3 Å². The number of hydrogen-bond acceptors (Lipinski definition) is 1. The Morgan fingerprint density at radius 3 is 2.00 bits per heavy atom. The van der Waals surface area contributed by atoms with Gasteiger partial charge in [-0.15, -0.1) is 0 Å². The molecule has 0 aromatic heterocycles. The van der Waals surface area contributed by atoms with E-state index in [-0.39, 0.29) is 0 Å². The molecule has 0 aliphatic heterocycles. The maximum atomic E-state index is 12.4. The van der Waals surface area contributed by atoms with Crippen LogP contribution in [0.2, 0.25) is 0 Å². The Morgan fingerprint density at radius 1 is 1.06 bits per heavy atom. The van der Waals surface area contributed by atoms with Crippen LogP contribution in [-0.4, -0.2) is 12.0 Å². The van der Waals surface area contributed by atoms with E-state index in [2.05, 4.69) is 0 Å². The third kappa shape index (κ3) is 2.78. The molecule has 7 heteroatoms. The van der Waals surface area contributed by atoms with Crippen molar-refractivity contribution >= 4 is 5.78 Å². The van der Waals surface area contributed by atoms with E-state index in [0.29, 0.717) is 6.07 Å². The lowest BCUT2D eigenvalue weighted by atomic mass is 9.99. The van der Waals surface area contributed by atoms with Crippen LogP contribution < -0.4 is 0 Å². The molecule has 0 aliphatic rings. The highest BCUT2D eigenvalue weighted by Crippen LogP contribution is 2.34. The molecule has 17 heavy (non-hydrogen) atoms. The Kier molecular flexibility index (Phi) is 3.22. The van der Waals surface area contributed by atoms with Gasteiger partial charge >= 0.3 is 12.4 Å². The lowest BCUT2D eigenvalue weighted by Gasteiger charge is -2.14. The van der Waals surface area contributed by atoms with Crippen molar-refractivity contribution in [3.63, 3.8) is 0 Å². The van der Waals surface area contributed by atoms with Gasteiger partial charge in [0, 0.05) is 5.56 Å². The van der Waals surface area contributed by atoms with Crippen molar-refractivity contribution in [3.8, 4) is 0 Å². The molecule has 0 heterocycles. The second kappa shape index (κ2) is 4.05. The molecular formula is C10H6F6O. The van der Waals surface area contributed by atoms with E-state index in [4.69, 9.17) is 0 Å². The summed E-state index contributed by atoms with van der Waals surface area (Å²) in [4.78, 5) is 10.9. The SMILES string of the molecule is Cc1c(C(=O)C(F)(F)F)cccc1C(F)(F)F. The number of carbonyl (C=O) groups is 1. The molecule has 1 nitrogen and oxygen atoms in total. The third-order valence-corrected chi connectivity index (χ3v) is 2.14. The lowest BCUT2D eigenvalue weighted by molar-refractivity contribution is -0.138. The van der Waals surface area contributed by atoms with Crippen molar-refractivity contribution < 1.29 is 31.1 Å². The molecule has 0 saturated carbocycles. The average Bonchev–Trinajstić information content (AvgIpc) is 2.13. The van der Waals surface area contributed by atoms with Crippen molar-refractivity contribution in [3.05, 3.63) is 34.9 Å². The Labute approximate surface area is 92.0 Å². The largest absolute Gasteiger partial charge is 0.454 e. The topological polar surface area (TPSA) is 17.1 Å². The molecule has 1 rings (SSSR count). The number of halogens is 6. The zero-order chi connectivity index (χ0) is 13.4. The van der Waals surface area contributed by atoms with Crippen LogP contribution in [0, 0.1) is 6.92 Å². The first-order valence-electron chi connectivity index (χ1n) is 4.33. The second-order valence-electron chi connectivity index (χ2n) is 3.30. The first kappa shape index (κ1) is 13.5. The summed E-state index contributed by atoms with van der Waals surface area (Å²) in [7, 11) is 0. The monoisotopic (exact) mass is 256 g/mol. The van der Waals surface area contributed by atoms with Crippen LogP contribution in [0.25, 0.3) is 0 Å². The molecule has 0 N–H and O–H groups in total. The summed E-state index contributed by atoms with van der Waals surface area (Å²) < 4.78 is 73.5. The van der Waals surface area contributed by atoms with Crippen molar-refractivity contribution in [1.29, 1.82) is 0 Å². The Morgan fingerprint density at radius 2 is 1.59 bits per heavy atom. The van der Waals surface area contributed by atoms with Gasteiger partial charge < -0.3 is 0 Å².